The summed E-state index contributed by atoms with van der Waals surface area (Å²) in [6, 6.07) is 14.3. The SMILES string of the molecule is CN(C)c1ccc(C(=O)N(OC(=O)c2ccccc2C2=CC=CCC2)C2C=CC=CC2)cc1. The minimum absolute atomic E-state index is 0.351. The third-order valence-electron chi connectivity index (χ3n) is 5.78. The Morgan fingerprint density at radius 1 is 0.939 bits per heavy atom. The van der Waals surface area contributed by atoms with Gasteiger partial charge in [0.1, 0.15) is 0 Å². The number of carbonyl (C=O) groups excluding carboxylic acids is 2. The molecule has 0 fully saturated rings. The number of rotatable bonds is 5. The zero-order valence-corrected chi connectivity index (χ0v) is 19.0. The van der Waals surface area contributed by atoms with Crippen LogP contribution in [0.4, 0.5) is 5.69 Å². The van der Waals surface area contributed by atoms with Crippen molar-refractivity contribution in [3.8, 4) is 0 Å². The van der Waals surface area contributed by atoms with Gasteiger partial charge in [0.25, 0.3) is 5.91 Å². The highest BCUT2D eigenvalue weighted by Crippen LogP contribution is 2.28. The molecule has 2 aromatic rings. The Kier molecular flexibility index (Phi) is 6.89. The van der Waals surface area contributed by atoms with Gasteiger partial charge in [-0.05, 0) is 60.7 Å². The van der Waals surface area contributed by atoms with Gasteiger partial charge in [-0.1, -0.05) is 60.7 Å². The number of hydrogen-bond donors (Lipinski definition) is 0. The van der Waals surface area contributed by atoms with Crippen LogP contribution in [0.15, 0.2) is 91.1 Å². The molecule has 33 heavy (non-hydrogen) atoms. The van der Waals surface area contributed by atoms with E-state index in [9.17, 15) is 9.59 Å². The number of carbonyl (C=O) groups is 2. The summed E-state index contributed by atoms with van der Waals surface area (Å²) < 4.78 is 0. The number of hydrogen-bond acceptors (Lipinski definition) is 4. The predicted molar refractivity (Wildman–Crippen MR) is 132 cm³/mol. The van der Waals surface area contributed by atoms with Crippen molar-refractivity contribution in [3.63, 3.8) is 0 Å². The van der Waals surface area contributed by atoms with Crippen LogP contribution in [0.1, 0.15) is 45.5 Å². The van der Waals surface area contributed by atoms with Gasteiger partial charge < -0.3 is 9.74 Å². The molecule has 5 heteroatoms. The van der Waals surface area contributed by atoms with E-state index in [1.54, 1.807) is 18.2 Å². The average Bonchev–Trinajstić information content (AvgIpc) is 2.88. The average molecular weight is 441 g/mol. The van der Waals surface area contributed by atoms with Gasteiger partial charge in [-0.25, -0.2) is 4.79 Å². The van der Waals surface area contributed by atoms with E-state index in [2.05, 4.69) is 6.08 Å². The van der Waals surface area contributed by atoms with Crippen LogP contribution >= 0.6 is 0 Å². The topological polar surface area (TPSA) is 49.9 Å². The van der Waals surface area contributed by atoms with Crippen molar-refractivity contribution in [1.82, 2.24) is 5.06 Å². The van der Waals surface area contributed by atoms with Crippen LogP contribution < -0.4 is 4.90 Å². The molecule has 0 bridgehead atoms. The first kappa shape index (κ1) is 22.3. The molecule has 0 spiro atoms. The van der Waals surface area contributed by atoms with Gasteiger partial charge >= 0.3 is 5.97 Å². The van der Waals surface area contributed by atoms with Crippen molar-refractivity contribution < 1.29 is 14.4 Å². The number of hydroxylamine groups is 2. The summed E-state index contributed by atoms with van der Waals surface area (Å²) in [4.78, 5) is 34.5. The minimum atomic E-state index is -0.540. The van der Waals surface area contributed by atoms with Crippen LogP contribution in [0.2, 0.25) is 0 Å². The van der Waals surface area contributed by atoms with Crippen LogP contribution in [0.3, 0.4) is 0 Å². The van der Waals surface area contributed by atoms with E-state index in [0.717, 1.165) is 29.7 Å². The standard InChI is InChI=1S/C28H28N2O3/c1-29(2)23-19-17-22(18-20-23)27(31)30(24-13-7-4-8-14-24)33-28(32)26-16-10-9-15-25(26)21-11-5-3-6-12-21/h3-5,7-11,13,15-20,24H,6,12,14H2,1-2H3. The normalized spacial score (nSPS) is 16.8. The van der Waals surface area contributed by atoms with Crippen molar-refractivity contribution in [1.29, 1.82) is 0 Å². The molecule has 2 aromatic carbocycles. The van der Waals surface area contributed by atoms with Crippen molar-refractivity contribution in [2.75, 3.05) is 19.0 Å². The number of allylic oxidation sites excluding steroid dienone is 6. The van der Waals surface area contributed by atoms with Gasteiger partial charge in [-0.3, -0.25) is 4.79 Å². The lowest BCUT2D eigenvalue weighted by Gasteiger charge is -2.29. The lowest BCUT2D eigenvalue weighted by molar-refractivity contribution is -0.0957. The zero-order valence-electron chi connectivity index (χ0n) is 19.0. The highest BCUT2D eigenvalue weighted by Gasteiger charge is 2.29. The monoisotopic (exact) mass is 440 g/mol. The van der Waals surface area contributed by atoms with E-state index in [4.69, 9.17) is 4.84 Å². The molecule has 1 unspecified atom stereocenters. The van der Waals surface area contributed by atoms with E-state index in [-0.39, 0.29) is 11.9 Å². The van der Waals surface area contributed by atoms with Gasteiger partial charge in [-0.15, -0.1) is 0 Å². The van der Waals surface area contributed by atoms with Crippen LogP contribution in [0, 0.1) is 0 Å². The largest absolute Gasteiger partial charge is 0.378 e. The van der Waals surface area contributed by atoms with Crippen LogP contribution in [0.25, 0.3) is 5.57 Å². The Bertz CT molecular complexity index is 1140. The summed E-state index contributed by atoms with van der Waals surface area (Å²) >= 11 is 0. The molecule has 4 rings (SSSR count). The van der Waals surface area contributed by atoms with Crippen molar-refractivity contribution in [3.05, 3.63) is 108 Å². The first-order valence-electron chi connectivity index (χ1n) is 11.2. The summed E-state index contributed by atoms with van der Waals surface area (Å²) in [6.45, 7) is 0. The van der Waals surface area contributed by atoms with Crippen molar-refractivity contribution >= 4 is 23.1 Å². The molecule has 0 heterocycles. The predicted octanol–water partition coefficient (Wildman–Crippen LogP) is 5.58. The summed E-state index contributed by atoms with van der Waals surface area (Å²) in [5, 5.41) is 1.21. The van der Waals surface area contributed by atoms with Gasteiger partial charge in [0, 0.05) is 25.3 Å². The third kappa shape index (κ3) is 5.14. The number of benzene rings is 2. The highest BCUT2D eigenvalue weighted by molar-refractivity contribution is 5.99. The molecular weight excluding hydrogens is 412 g/mol. The van der Waals surface area contributed by atoms with E-state index in [1.807, 2.05) is 85.8 Å². The minimum Gasteiger partial charge on any atom is -0.378 e. The Morgan fingerprint density at radius 2 is 1.73 bits per heavy atom. The third-order valence-corrected chi connectivity index (χ3v) is 5.78. The second-order valence-corrected chi connectivity index (χ2v) is 8.27. The summed E-state index contributed by atoms with van der Waals surface area (Å²) in [5.41, 5.74) is 3.83. The first-order valence-corrected chi connectivity index (χ1v) is 11.2. The van der Waals surface area contributed by atoms with Gasteiger partial charge in [0.15, 0.2) is 0 Å². The highest BCUT2D eigenvalue weighted by atomic mass is 16.7. The molecule has 2 aliphatic carbocycles. The van der Waals surface area contributed by atoms with Gasteiger partial charge in [-0.2, -0.15) is 5.06 Å². The molecule has 0 N–H and O–H groups in total. The fourth-order valence-corrected chi connectivity index (χ4v) is 3.94. The Hall–Kier alpha value is -3.86. The zero-order chi connectivity index (χ0) is 23.2. The lowest BCUT2D eigenvalue weighted by Crippen LogP contribution is -2.41. The molecule has 0 aromatic heterocycles. The Labute approximate surface area is 194 Å². The first-order chi connectivity index (χ1) is 16.0. The van der Waals surface area contributed by atoms with Crippen molar-refractivity contribution in [2.45, 2.75) is 25.3 Å². The Morgan fingerprint density at radius 3 is 2.39 bits per heavy atom. The van der Waals surface area contributed by atoms with Crippen LogP contribution in [-0.4, -0.2) is 37.1 Å². The molecule has 0 saturated heterocycles. The number of amides is 1. The lowest BCUT2D eigenvalue weighted by atomic mass is 9.93. The molecule has 1 atom stereocenters. The van der Waals surface area contributed by atoms with E-state index >= 15 is 0 Å². The smallest absolute Gasteiger partial charge is 0.363 e. The number of nitrogens with zero attached hydrogens (tertiary/aromatic N) is 2. The molecule has 0 aliphatic heterocycles. The van der Waals surface area contributed by atoms with Crippen molar-refractivity contribution in [2.24, 2.45) is 0 Å². The second kappa shape index (κ2) is 10.2. The maximum atomic E-state index is 13.4. The quantitative estimate of drug-likeness (QED) is 0.569. The number of anilines is 1. The molecule has 168 valence electrons. The Balaban J connectivity index is 1.62. The molecule has 1 amide bonds. The second-order valence-electron chi connectivity index (χ2n) is 8.27. The molecule has 2 aliphatic rings. The fraction of sp³-hybridized carbons (Fsp3) is 0.214. The maximum absolute atomic E-state index is 13.4. The van der Waals surface area contributed by atoms with Crippen LogP contribution in [-0.2, 0) is 4.84 Å². The van der Waals surface area contributed by atoms with E-state index in [1.165, 1.54) is 5.06 Å². The molecular formula is C28H28N2O3. The van der Waals surface area contributed by atoms with Gasteiger partial charge in [0.05, 0.1) is 11.6 Å². The molecule has 0 radical (unpaired) electrons. The fourth-order valence-electron chi connectivity index (χ4n) is 3.94. The molecule has 5 nitrogen and oxygen atoms in total. The maximum Gasteiger partial charge on any atom is 0.363 e. The summed E-state index contributed by atoms with van der Waals surface area (Å²) in [7, 11) is 3.89. The van der Waals surface area contributed by atoms with E-state index in [0.29, 0.717) is 17.5 Å². The van der Waals surface area contributed by atoms with E-state index < -0.39 is 5.97 Å². The molecule has 0 saturated carbocycles. The summed E-state index contributed by atoms with van der Waals surface area (Å²) in [6.07, 6.45) is 16.1. The summed E-state index contributed by atoms with van der Waals surface area (Å²) in [5.74, 6) is -0.891. The van der Waals surface area contributed by atoms with Crippen LogP contribution in [0.5, 0.6) is 0 Å². The van der Waals surface area contributed by atoms with Gasteiger partial charge in [0.2, 0.25) is 0 Å².